The molecule has 0 bridgehead atoms. The number of rotatable bonds is 7. The lowest BCUT2D eigenvalue weighted by Gasteiger charge is -2.11. The number of aromatic nitrogens is 1. The molecule has 0 aliphatic rings. The monoisotopic (exact) mass is 481 g/mol. The van der Waals surface area contributed by atoms with E-state index < -0.39 is 0 Å². The third-order valence-electron chi connectivity index (χ3n) is 3.67. The van der Waals surface area contributed by atoms with Gasteiger partial charge in [0, 0.05) is 25.7 Å². The van der Waals surface area contributed by atoms with Gasteiger partial charge in [0.1, 0.15) is 5.82 Å². The maximum Gasteiger partial charge on any atom is 0.227 e. The Hall–Kier alpha value is -2.16. The van der Waals surface area contributed by atoms with Gasteiger partial charge in [0.25, 0.3) is 0 Å². The van der Waals surface area contributed by atoms with Crippen molar-refractivity contribution >= 4 is 41.7 Å². The molecule has 0 atom stereocenters. The van der Waals surface area contributed by atoms with Gasteiger partial charge in [0.05, 0.1) is 6.54 Å². The number of aliphatic imine (C=N–C) groups is 1. The number of guanidine groups is 1. The second-order valence-electron chi connectivity index (χ2n) is 6.13. The van der Waals surface area contributed by atoms with Gasteiger partial charge in [-0.25, -0.2) is 9.98 Å². The number of amides is 1. The average Bonchev–Trinajstić information content (AvgIpc) is 2.62. The molecule has 0 saturated heterocycles. The molecule has 1 aromatic carbocycles. The molecule has 2 aromatic rings. The molecule has 1 heterocycles. The Bertz CT molecular complexity index is 746. The van der Waals surface area contributed by atoms with E-state index in [1.54, 1.807) is 12.3 Å². The Labute approximate surface area is 178 Å². The number of nitrogens with zero attached hydrogens (tertiary/aromatic N) is 2. The standard InChI is InChI=1S/C20H27N5O.HI/c1-4-21-20(24-14-17-7-5-6-15(2)12-17)22-11-10-19(26)25-18-9-8-16(3)13-23-18;/h5-9,12-13H,4,10-11,14H2,1-3H3,(H2,21,22,24)(H,23,25,26);1H. The Morgan fingerprint density at radius 1 is 1.11 bits per heavy atom. The molecule has 146 valence electrons. The van der Waals surface area contributed by atoms with Gasteiger partial charge < -0.3 is 16.0 Å². The maximum atomic E-state index is 12.0. The number of carbonyl (C=O) groups is 1. The van der Waals surface area contributed by atoms with Gasteiger partial charge in [-0.1, -0.05) is 35.9 Å². The van der Waals surface area contributed by atoms with Gasteiger partial charge in [-0.2, -0.15) is 0 Å². The minimum atomic E-state index is -0.0802. The second kappa shape index (κ2) is 12.3. The molecule has 1 amide bonds. The molecule has 0 fully saturated rings. The Kier molecular flexibility index (Phi) is 10.4. The molecular weight excluding hydrogens is 453 g/mol. The molecule has 7 heteroatoms. The Morgan fingerprint density at radius 2 is 1.93 bits per heavy atom. The lowest BCUT2D eigenvalue weighted by Crippen LogP contribution is -2.38. The molecule has 27 heavy (non-hydrogen) atoms. The van der Waals surface area contributed by atoms with E-state index in [2.05, 4.69) is 51.0 Å². The molecule has 0 aliphatic heterocycles. The van der Waals surface area contributed by atoms with Crippen LogP contribution in [0.4, 0.5) is 5.82 Å². The summed E-state index contributed by atoms with van der Waals surface area (Å²) in [5.41, 5.74) is 3.44. The summed E-state index contributed by atoms with van der Waals surface area (Å²) in [6.45, 7) is 7.89. The van der Waals surface area contributed by atoms with Gasteiger partial charge >= 0.3 is 0 Å². The fraction of sp³-hybridized carbons (Fsp3) is 0.350. The normalized spacial score (nSPS) is 10.7. The summed E-state index contributed by atoms with van der Waals surface area (Å²) in [6, 6.07) is 12.0. The van der Waals surface area contributed by atoms with Crippen LogP contribution >= 0.6 is 24.0 Å². The summed E-state index contributed by atoms with van der Waals surface area (Å²) in [5, 5.41) is 9.17. The molecular formula is C20H28IN5O. The van der Waals surface area contributed by atoms with Crippen LogP contribution in [0.15, 0.2) is 47.6 Å². The first kappa shape index (κ1) is 22.9. The maximum absolute atomic E-state index is 12.0. The van der Waals surface area contributed by atoms with Gasteiger partial charge in [-0.05, 0) is 38.0 Å². The van der Waals surface area contributed by atoms with E-state index in [-0.39, 0.29) is 29.9 Å². The first-order valence-corrected chi connectivity index (χ1v) is 8.87. The highest BCUT2D eigenvalue weighted by molar-refractivity contribution is 14.0. The highest BCUT2D eigenvalue weighted by atomic mass is 127. The van der Waals surface area contributed by atoms with Crippen molar-refractivity contribution in [2.45, 2.75) is 33.7 Å². The first-order chi connectivity index (χ1) is 12.6. The fourth-order valence-electron chi connectivity index (χ4n) is 2.36. The number of carbonyl (C=O) groups excluding carboxylic acids is 1. The van der Waals surface area contributed by atoms with Crippen LogP contribution in [0.3, 0.4) is 0 Å². The number of pyridine rings is 1. The van der Waals surface area contributed by atoms with E-state index in [0.717, 1.165) is 17.7 Å². The van der Waals surface area contributed by atoms with Crippen LogP contribution in [-0.2, 0) is 11.3 Å². The second-order valence-corrected chi connectivity index (χ2v) is 6.13. The van der Waals surface area contributed by atoms with E-state index in [0.29, 0.717) is 31.3 Å². The van der Waals surface area contributed by atoms with Crippen molar-refractivity contribution < 1.29 is 4.79 Å². The number of hydrogen-bond acceptors (Lipinski definition) is 3. The highest BCUT2D eigenvalue weighted by Crippen LogP contribution is 2.05. The van der Waals surface area contributed by atoms with Crippen molar-refractivity contribution in [3.05, 3.63) is 59.3 Å². The van der Waals surface area contributed by atoms with Crippen LogP contribution in [0.25, 0.3) is 0 Å². The van der Waals surface area contributed by atoms with E-state index >= 15 is 0 Å². The number of aryl methyl sites for hydroxylation is 2. The largest absolute Gasteiger partial charge is 0.357 e. The van der Waals surface area contributed by atoms with Crippen LogP contribution in [0.2, 0.25) is 0 Å². The molecule has 0 saturated carbocycles. The number of benzene rings is 1. The predicted molar refractivity (Wildman–Crippen MR) is 122 cm³/mol. The number of hydrogen-bond donors (Lipinski definition) is 3. The summed E-state index contributed by atoms with van der Waals surface area (Å²) in [6.07, 6.45) is 2.07. The van der Waals surface area contributed by atoms with Crippen molar-refractivity contribution in [3.63, 3.8) is 0 Å². The smallest absolute Gasteiger partial charge is 0.227 e. The zero-order valence-corrected chi connectivity index (χ0v) is 18.4. The first-order valence-electron chi connectivity index (χ1n) is 8.87. The summed E-state index contributed by atoms with van der Waals surface area (Å²) in [4.78, 5) is 20.7. The van der Waals surface area contributed by atoms with Crippen LogP contribution in [0, 0.1) is 13.8 Å². The number of nitrogens with one attached hydrogen (secondary N) is 3. The molecule has 0 unspecified atom stereocenters. The lowest BCUT2D eigenvalue weighted by molar-refractivity contribution is -0.116. The van der Waals surface area contributed by atoms with Gasteiger partial charge in [-0.3, -0.25) is 4.79 Å². The summed E-state index contributed by atoms with van der Waals surface area (Å²) >= 11 is 0. The SMILES string of the molecule is CCNC(=NCc1cccc(C)c1)NCCC(=O)Nc1ccc(C)cn1.I. The molecule has 2 rings (SSSR count). The third-order valence-corrected chi connectivity index (χ3v) is 3.67. The van der Waals surface area contributed by atoms with Crippen LogP contribution < -0.4 is 16.0 Å². The number of anilines is 1. The van der Waals surface area contributed by atoms with E-state index in [9.17, 15) is 4.79 Å². The molecule has 3 N–H and O–H groups in total. The Balaban J connectivity index is 0.00000364. The van der Waals surface area contributed by atoms with E-state index in [1.165, 1.54) is 5.56 Å². The average molecular weight is 481 g/mol. The zero-order valence-electron chi connectivity index (χ0n) is 16.1. The van der Waals surface area contributed by atoms with Crippen molar-refractivity contribution in [3.8, 4) is 0 Å². The zero-order chi connectivity index (χ0) is 18.8. The fourth-order valence-corrected chi connectivity index (χ4v) is 2.36. The van der Waals surface area contributed by atoms with Crippen molar-refractivity contribution in [1.29, 1.82) is 0 Å². The lowest BCUT2D eigenvalue weighted by atomic mass is 10.1. The van der Waals surface area contributed by atoms with Gasteiger partial charge in [-0.15, -0.1) is 24.0 Å². The summed E-state index contributed by atoms with van der Waals surface area (Å²) in [7, 11) is 0. The highest BCUT2D eigenvalue weighted by Gasteiger charge is 2.04. The molecule has 1 aromatic heterocycles. The summed E-state index contributed by atoms with van der Waals surface area (Å²) < 4.78 is 0. The van der Waals surface area contributed by atoms with Crippen molar-refractivity contribution in [1.82, 2.24) is 15.6 Å². The number of halogens is 1. The van der Waals surface area contributed by atoms with Gasteiger partial charge in [0.15, 0.2) is 5.96 Å². The van der Waals surface area contributed by atoms with Gasteiger partial charge in [0.2, 0.25) is 5.91 Å². The summed E-state index contributed by atoms with van der Waals surface area (Å²) in [5.74, 6) is 1.19. The molecule has 0 radical (unpaired) electrons. The minimum absolute atomic E-state index is 0. The van der Waals surface area contributed by atoms with Crippen LogP contribution in [-0.4, -0.2) is 29.9 Å². The van der Waals surface area contributed by atoms with E-state index in [4.69, 9.17) is 0 Å². The molecule has 0 spiro atoms. The molecule has 6 nitrogen and oxygen atoms in total. The Morgan fingerprint density at radius 3 is 2.59 bits per heavy atom. The van der Waals surface area contributed by atoms with Crippen LogP contribution in [0.5, 0.6) is 0 Å². The van der Waals surface area contributed by atoms with Crippen molar-refractivity contribution in [2.75, 3.05) is 18.4 Å². The minimum Gasteiger partial charge on any atom is -0.357 e. The molecule has 0 aliphatic carbocycles. The predicted octanol–water partition coefficient (Wildman–Crippen LogP) is 3.40. The van der Waals surface area contributed by atoms with Crippen LogP contribution in [0.1, 0.15) is 30.0 Å². The van der Waals surface area contributed by atoms with Crippen molar-refractivity contribution in [2.24, 2.45) is 4.99 Å². The quantitative estimate of drug-likeness (QED) is 0.322. The topological polar surface area (TPSA) is 78.4 Å². The third kappa shape index (κ3) is 8.85. The van der Waals surface area contributed by atoms with E-state index in [1.807, 2.05) is 26.0 Å².